The Morgan fingerprint density at radius 2 is 1.14 bits per heavy atom. The highest BCUT2D eigenvalue weighted by Crippen LogP contribution is 2.26. The van der Waals surface area contributed by atoms with E-state index in [9.17, 15) is 14.7 Å². The molecule has 0 aromatic heterocycles. The maximum absolute atomic E-state index is 11.5. The molecule has 7 rings (SSSR count). The van der Waals surface area contributed by atoms with Gasteiger partial charge in [-0.25, -0.2) is 37.3 Å². The summed E-state index contributed by atoms with van der Waals surface area (Å²) in [6.07, 6.45) is 12.9. The van der Waals surface area contributed by atoms with Gasteiger partial charge in [0.2, 0.25) is 0 Å². The number of rotatable bonds is 2. The number of hydrogen-bond donors (Lipinski definition) is 4. The van der Waals surface area contributed by atoms with Crippen LogP contribution in [0, 0.1) is 20.5 Å². The number of hydrogen-bond acceptors (Lipinski definition) is 12. The van der Waals surface area contributed by atoms with Crippen molar-refractivity contribution >= 4 is 11.6 Å². The van der Waals surface area contributed by atoms with E-state index in [2.05, 4.69) is 41.0 Å². The van der Waals surface area contributed by atoms with Gasteiger partial charge >= 0.3 is 0 Å². The van der Waals surface area contributed by atoms with Gasteiger partial charge in [0, 0.05) is 43.3 Å². The molecule has 0 aliphatic carbocycles. The number of quaternary nitrogens is 2. The van der Waals surface area contributed by atoms with Crippen LogP contribution >= 0.6 is 0 Å². The molecule has 0 saturated carbocycles. The minimum atomic E-state index is -4.94. The van der Waals surface area contributed by atoms with Gasteiger partial charge < -0.3 is 20.6 Å². The smallest absolute Gasteiger partial charge is 0.144 e. The highest BCUT2D eigenvalue weighted by Gasteiger charge is 2.43. The van der Waals surface area contributed by atoms with Gasteiger partial charge in [-0.05, 0) is 25.7 Å². The van der Waals surface area contributed by atoms with E-state index in [-0.39, 0.29) is 6.10 Å². The monoisotopic (exact) mass is 667 g/mol. The Bertz CT molecular complexity index is 978. The highest BCUT2D eigenvalue weighted by molar-refractivity contribution is 5.80. The largest absolute Gasteiger partial charge is 0.393 e. The summed E-state index contributed by atoms with van der Waals surface area (Å²) in [6.45, 7) is 1.10. The first-order valence-electron chi connectivity index (χ1n) is 15.0. The molecular weight excluding hydrogens is 625 g/mol. The second kappa shape index (κ2) is 17.0. The number of aliphatic hydroxyl groups excluding tert-OH is 1. The summed E-state index contributed by atoms with van der Waals surface area (Å²) >= 11 is 0. The van der Waals surface area contributed by atoms with Gasteiger partial charge in [-0.15, -0.1) is 20.5 Å². The van der Waals surface area contributed by atoms with E-state index in [1.54, 1.807) is 4.90 Å². The molecule has 6 saturated heterocycles. The van der Waals surface area contributed by atoms with E-state index in [0.717, 1.165) is 45.1 Å². The number of piperidine rings is 3. The van der Waals surface area contributed by atoms with Crippen LogP contribution in [-0.2, 0) is 16.1 Å². The molecule has 0 amide bonds. The number of nitrogens with one attached hydrogen (secondary N) is 2. The normalized spacial score (nSPS) is 33.4. The molecule has 6 bridgehead atoms. The summed E-state index contributed by atoms with van der Waals surface area (Å²) in [5.41, 5.74) is 1.41. The zero-order chi connectivity index (χ0) is 32.5. The lowest BCUT2D eigenvalue weighted by atomic mass is 10.0. The fourth-order valence-electron chi connectivity index (χ4n) is 7.37. The number of carbonyl (C=O) groups excluding carboxylic acids is 2. The minimum absolute atomic E-state index is 0.0104. The lowest BCUT2D eigenvalue weighted by Crippen LogP contribution is -3.17. The van der Waals surface area contributed by atoms with Crippen molar-refractivity contribution in [3.8, 4) is 0 Å². The van der Waals surface area contributed by atoms with Crippen molar-refractivity contribution in [1.29, 1.82) is 0 Å². The van der Waals surface area contributed by atoms with Crippen molar-refractivity contribution in [3.63, 3.8) is 0 Å². The maximum atomic E-state index is 11.5. The summed E-state index contributed by atoms with van der Waals surface area (Å²) in [5, 5.41) is 15.1. The van der Waals surface area contributed by atoms with Crippen molar-refractivity contribution in [2.75, 3.05) is 0 Å². The Kier molecular flexibility index (Phi) is 14.3. The van der Waals surface area contributed by atoms with Crippen molar-refractivity contribution in [3.05, 3.63) is 35.9 Å². The molecule has 6 atom stereocenters. The Morgan fingerprint density at radius 3 is 1.59 bits per heavy atom. The molecule has 0 radical (unpaired) electrons. The van der Waals surface area contributed by atoms with Crippen LogP contribution in [0.1, 0.15) is 82.6 Å². The molecule has 16 heteroatoms. The number of nitrogens with two attached hydrogens (primary N) is 1. The minimum Gasteiger partial charge on any atom is -0.393 e. The first-order chi connectivity index (χ1) is 20.5. The molecule has 6 unspecified atom stereocenters. The Balaban J connectivity index is 0.000000163. The number of aliphatic hydroxyl groups is 1. The van der Waals surface area contributed by atoms with E-state index < -0.39 is 20.5 Å². The summed E-state index contributed by atoms with van der Waals surface area (Å²) in [4.78, 5) is 24.1. The molecule has 250 valence electrons. The molecule has 6 fully saturated rings. The lowest BCUT2D eigenvalue weighted by molar-refractivity contribution is -2.00. The van der Waals surface area contributed by atoms with Crippen LogP contribution < -0.4 is 52.8 Å². The summed E-state index contributed by atoms with van der Waals surface area (Å²) in [7, 11) is -9.89. The predicted molar refractivity (Wildman–Crippen MR) is 130 cm³/mol. The number of carbonyl (C=O) groups is 2. The summed E-state index contributed by atoms with van der Waals surface area (Å²) in [6, 6.07) is 14.5. The van der Waals surface area contributed by atoms with Crippen molar-refractivity contribution in [2.45, 2.75) is 126 Å². The van der Waals surface area contributed by atoms with Crippen LogP contribution in [0.15, 0.2) is 30.3 Å². The van der Waals surface area contributed by atoms with E-state index >= 15 is 0 Å². The maximum Gasteiger partial charge on any atom is 0.144 e. The fourth-order valence-corrected chi connectivity index (χ4v) is 7.37. The number of ketones is 2. The molecule has 6 aliphatic rings. The molecule has 6 aliphatic heterocycles. The standard InChI is InChI=1S/C14H17NO.C7H13NO.C7H11NO.2ClHO4/c16-14-8-12-6-7-13(9-14)15(12)10-11-4-2-1-3-5-11;2*9-7-3-5-1-2-6(4-7)8-5;2*2-1(3,4)5/h1-5,12-13H,6-10H2;5-9H,1-4H2;5-6,8H,1-4H2;2*(H,2,3,4,5). The first-order valence-corrected chi connectivity index (χ1v) is 17.4. The number of fused-ring (bicyclic) bond motifs is 6. The first kappa shape index (κ1) is 37.1. The highest BCUT2D eigenvalue weighted by atomic mass is 35.7. The third kappa shape index (κ3) is 14.8. The van der Waals surface area contributed by atoms with E-state index in [1.807, 2.05) is 0 Å². The molecule has 44 heavy (non-hydrogen) atoms. The third-order valence-corrected chi connectivity index (χ3v) is 8.99. The summed E-state index contributed by atoms with van der Waals surface area (Å²) < 4.78 is 67.9. The van der Waals surface area contributed by atoms with Gasteiger partial charge in [-0.2, -0.15) is 0 Å². The Hall–Kier alpha value is -1.34. The van der Waals surface area contributed by atoms with Crippen LogP contribution in [0.3, 0.4) is 0 Å². The van der Waals surface area contributed by atoms with Crippen LogP contribution in [0.2, 0.25) is 0 Å². The topological polar surface area (TPSA) is 272 Å². The van der Waals surface area contributed by atoms with Crippen LogP contribution in [0.5, 0.6) is 0 Å². The average Bonchev–Trinajstić information content (AvgIpc) is 3.49. The molecule has 1 aromatic carbocycles. The number of benzene rings is 1. The van der Waals surface area contributed by atoms with E-state index in [4.69, 9.17) is 37.3 Å². The Labute approximate surface area is 261 Å². The number of Topliss-reactive ketones (excluding diaryl/α,β-unsaturated/α-hetero) is 2. The van der Waals surface area contributed by atoms with Crippen LogP contribution in [-0.4, -0.2) is 59.0 Å². The third-order valence-electron chi connectivity index (χ3n) is 8.99. The summed E-state index contributed by atoms with van der Waals surface area (Å²) in [5.74, 6) is 0.981. The quantitative estimate of drug-likeness (QED) is 0.229. The zero-order valence-corrected chi connectivity index (χ0v) is 26.0. The van der Waals surface area contributed by atoms with E-state index in [0.29, 0.717) is 47.8 Å². The van der Waals surface area contributed by atoms with Gasteiger partial charge in [-0.1, -0.05) is 30.3 Å². The van der Waals surface area contributed by atoms with Crippen LogP contribution in [0.25, 0.3) is 0 Å². The average molecular weight is 669 g/mol. The predicted octanol–water partition coefficient (Wildman–Crippen LogP) is -8.84. The molecule has 0 spiro atoms. The van der Waals surface area contributed by atoms with Gasteiger partial charge in [0.05, 0.1) is 56.0 Å². The molecule has 6 heterocycles. The van der Waals surface area contributed by atoms with Crippen molar-refractivity contribution in [2.24, 2.45) is 0 Å². The van der Waals surface area contributed by atoms with Gasteiger partial charge in [0.15, 0.2) is 0 Å². The molecular formula is C28H43Cl2N3O11. The molecule has 14 nitrogen and oxygen atoms in total. The van der Waals surface area contributed by atoms with E-state index in [1.165, 1.54) is 44.1 Å². The number of halogens is 2. The van der Waals surface area contributed by atoms with Gasteiger partial charge in [0.1, 0.15) is 18.1 Å². The van der Waals surface area contributed by atoms with Gasteiger partial charge in [0.25, 0.3) is 0 Å². The lowest BCUT2D eigenvalue weighted by Gasteiger charge is -2.30. The Morgan fingerprint density at radius 1 is 0.705 bits per heavy atom. The van der Waals surface area contributed by atoms with Crippen molar-refractivity contribution < 1.29 is 82.7 Å². The van der Waals surface area contributed by atoms with Crippen LogP contribution in [0.4, 0.5) is 0 Å². The SMILES string of the molecule is O=C1CC2CCC(C1)[NH+]2Cc1ccccc1.O=C1CC2CCC(C1)[NH2+]2.OC1CC2CCC(C1)N2.[O-][Cl+3]([O-])([O-])[O-].[O-][Cl+3]([O-])([O-])[O-]. The van der Waals surface area contributed by atoms with Gasteiger partial charge in [-0.3, -0.25) is 9.59 Å². The second-order valence-electron chi connectivity index (χ2n) is 12.4. The second-order valence-corrected chi connectivity index (χ2v) is 13.9. The zero-order valence-electron chi connectivity index (χ0n) is 24.5. The molecule has 1 aromatic rings. The van der Waals surface area contributed by atoms with Crippen molar-refractivity contribution in [1.82, 2.24) is 5.32 Å². The molecule has 5 N–H and O–H groups in total. The fraction of sp³-hybridized carbons (Fsp3) is 0.714.